The number of anilines is 2. The van der Waals surface area contributed by atoms with Crippen molar-refractivity contribution in [3.05, 3.63) is 89.7 Å². The van der Waals surface area contributed by atoms with Gasteiger partial charge in [-0.3, -0.25) is 4.72 Å². The zero-order chi connectivity index (χ0) is 29.2. The molecule has 0 amide bonds. The molecular weight excluding hydrogens is 544 g/mol. The summed E-state index contributed by atoms with van der Waals surface area (Å²) in [6.07, 6.45) is -3.26. The molecule has 0 heterocycles. The molecule has 0 radical (unpaired) electrons. The molecule has 3 aromatic rings. The van der Waals surface area contributed by atoms with Crippen LogP contribution < -0.4 is 9.62 Å². The predicted octanol–water partition coefficient (Wildman–Crippen LogP) is 5.76. The van der Waals surface area contributed by atoms with Crippen molar-refractivity contribution in [2.75, 3.05) is 16.2 Å². The number of carbonyl (C=O) groups is 2. The number of alkyl halides is 3. The first-order chi connectivity index (χ1) is 18.2. The van der Waals surface area contributed by atoms with E-state index in [1.807, 2.05) is 35.2 Å². The molecule has 0 unspecified atom stereocenters. The third-order valence-corrected chi connectivity index (χ3v) is 6.55. The summed E-state index contributed by atoms with van der Waals surface area (Å²) in [7, 11) is -4.07. The van der Waals surface area contributed by atoms with Crippen LogP contribution in [0.4, 0.5) is 28.9 Å². The van der Waals surface area contributed by atoms with Crippen molar-refractivity contribution in [1.82, 2.24) is 0 Å². The molecule has 0 saturated carbocycles. The lowest BCUT2D eigenvalue weighted by molar-refractivity contribution is -0.192. The quantitative estimate of drug-likeness (QED) is 0.265. The summed E-state index contributed by atoms with van der Waals surface area (Å²) in [5.74, 6) is -4.60. The first kappa shape index (κ1) is 31.1. The first-order valence-corrected chi connectivity index (χ1v) is 13.0. The van der Waals surface area contributed by atoms with E-state index in [9.17, 15) is 35.9 Å². The second-order valence-electron chi connectivity index (χ2n) is 8.16. The van der Waals surface area contributed by atoms with E-state index in [1.54, 1.807) is 6.07 Å². The standard InChI is InChI=1S/C24H25FN2O4S.C2HF3O2/c1-2-3-14-27(17-18-8-5-4-6-9-18)23-13-12-20(16-22(23)24(28)29)26-32(30,31)21-11-7-10-19(25)15-21;3-2(4,5)1(6)7/h4-13,15-16,26H,2-3,14,17H2,1H3,(H,28,29);(H,6,7). The molecule has 210 valence electrons. The van der Waals surface area contributed by atoms with Gasteiger partial charge in [-0.1, -0.05) is 49.7 Å². The molecule has 3 aromatic carbocycles. The second-order valence-corrected chi connectivity index (χ2v) is 9.85. The highest BCUT2D eigenvalue weighted by Gasteiger charge is 2.38. The molecule has 0 spiro atoms. The van der Waals surface area contributed by atoms with Crippen LogP contribution in [0.3, 0.4) is 0 Å². The molecule has 0 fully saturated rings. The van der Waals surface area contributed by atoms with Gasteiger partial charge in [-0.2, -0.15) is 13.2 Å². The van der Waals surface area contributed by atoms with Gasteiger partial charge in [-0.25, -0.2) is 22.4 Å². The third-order valence-electron chi connectivity index (χ3n) is 5.17. The fourth-order valence-corrected chi connectivity index (χ4v) is 4.41. The van der Waals surface area contributed by atoms with Crippen molar-refractivity contribution in [3.8, 4) is 0 Å². The van der Waals surface area contributed by atoms with Gasteiger partial charge < -0.3 is 15.1 Å². The van der Waals surface area contributed by atoms with Crippen LogP contribution in [-0.4, -0.2) is 43.3 Å². The summed E-state index contributed by atoms with van der Waals surface area (Å²) in [4.78, 5) is 22.7. The van der Waals surface area contributed by atoms with Crippen LogP contribution in [-0.2, 0) is 21.4 Å². The zero-order valence-corrected chi connectivity index (χ0v) is 21.5. The van der Waals surface area contributed by atoms with Crippen molar-refractivity contribution in [2.45, 2.75) is 37.4 Å². The Morgan fingerprint density at radius 1 is 0.949 bits per heavy atom. The van der Waals surface area contributed by atoms with E-state index in [-0.39, 0.29) is 16.1 Å². The van der Waals surface area contributed by atoms with E-state index in [1.165, 1.54) is 24.3 Å². The Morgan fingerprint density at radius 3 is 2.13 bits per heavy atom. The number of hydrogen-bond donors (Lipinski definition) is 3. The maximum Gasteiger partial charge on any atom is 0.490 e. The number of sulfonamides is 1. The van der Waals surface area contributed by atoms with Gasteiger partial charge in [0, 0.05) is 18.8 Å². The van der Waals surface area contributed by atoms with Crippen LogP contribution in [0, 0.1) is 5.82 Å². The summed E-state index contributed by atoms with van der Waals surface area (Å²) in [5.41, 5.74) is 1.61. The van der Waals surface area contributed by atoms with Gasteiger partial charge in [0.25, 0.3) is 10.0 Å². The normalized spacial score (nSPS) is 11.2. The van der Waals surface area contributed by atoms with Crippen molar-refractivity contribution in [3.63, 3.8) is 0 Å². The van der Waals surface area contributed by atoms with E-state index in [0.717, 1.165) is 30.5 Å². The molecule has 13 heteroatoms. The van der Waals surface area contributed by atoms with Crippen LogP contribution in [0.2, 0.25) is 0 Å². The Morgan fingerprint density at radius 2 is 1.59 bits per heavy atom. The smallest absolute Gasteiger partial charge is 0.478 e. The molecule has 39 heavy (non-hydrogen) atoms. The summed E-state index contributed by atoms with van der Waals surface area (Å²) in [6, 6.07) is 18.7. The lowest BCUT2D eigenvalue weighted by Gasteiger charge is -2.27. The predicted molar refractivity (Wildman–Crippen MR) is 137 cm³/mol. The lowest BCUT2D eigenvalue weighted by atomic mass is 10.1. The minimum atomic E-state index is -5.08. The number of nitrogens with one attached hydrogen (secondary N) is 1. The number of carboxylic acids is 2. The van der Waals surface area contributed by atoms with Gasteiger partial charge in [-0.05, 0) is 48.4 Å². The van der Waals surface area contributed by atoms with Crippen molar-refractivity contribution in [2.24, 2.45) is 0 Å². The molecule has 0 saturated heterocycles. The highest BCUT2D eigenvalue weighted by Crippen LogP contribution is 2.28. The minimum Gasteiger partial charge on any atom is -0.478 e. The molecule has 0 aliphatic heterocycles. The average molecular weight is 571 g/mol. The highest BCUT2D eigenvalue weighted by atomic mass is 32.2. The fourth-order valence-electron chi connectivity index (χ4n) is 3.33. The largest absolute Gasteiger partial charge is 0.490 e. The van der Waals surface area contributed by atoms with Crippen LogP contribution in [0.15, 0.2) is 77.7 Å². The van der Waals surface area contributed by atoms with Crippen LogP contribution in [0.5, 0.6) is 0 Å². The van der Waals surface area contributed by atoms with Gasteiger partial charge in [0.1, 0.15) is 5.82 Å². The molecule has 0 atom stereocenters. The van der Waals surface area contributed by atoms with Gasteiger partial charge in [0.05, 0.1) is 16.1 Å². The van der Waals surface area contributed by atoms with E-state index in [0.29, 0.717) is 18.8 Å². The van der Waals surface area contributed by atoms with Gasteiger partial charge in [0.2, 0.25) is 0 Å². The maximum atomic E-state index is 13.5. The van der Waals surface area contributed by atoms with Crippen LogP contribution in [0.25, 0.3) is 0 Å². The van der Waals surface area contributed by atoms with Gasteiger partial charge in [-0.15, -0.1) is 0 Å². The first-order valence-electron chi connectivity index (χ1n) is 11.5. The lowest BCUT2D eigenvalue weighted by Crippen LogP contribution is -2.26. The summed E-state index contributed by atoms with van der Waals surface area (Å²) < 4.78 is 72.7. The van der Waals surface area contributed by atoms with Crippen molar-refractivity contribution < 1.29 is 45.8 Å². The number of hydrogen-bond acceptors (Lipinski definition) is 5. The number of aromatic carboxylic acids is 1. The Bertz CT molecular complexity index is 1380. The van der Waals surface area contributed by atoms with E-state index in [2.05, 4.69) is 11.6 Å². The molecule has 8 nitrogen and oxygen atoms in total. The highest BCUT2D eigenvalue weighted by molar-refractivity contribution is 7.92. The number of nitrogens with zero attached hydrogens (tertiary/aromatic N) is 1. The van der Waals surface area contributed by atoms with E-state index < -0.39 is 34.0 Å². The Kier molecular flexibility index (Phi) is 10.8. The minimum absolute atomic E-state index is 0.0172. The number of aliphatic carboxylic acids is 1. The van der Waals surface area contributed by atoms with Crippen molar-refractivity contribution in [1.29, 1.82) is 0 Å². The number of unbranched alkanes of at least 4 members (excludes halogenated alkanes) is 1. The summed E-state index contributed by atoms with van der Waals surface area (Å²) in [6.45, 7) is 3.23. The fraction of sp³-hybridized carbons (Fsp3) is 0.231. The number of halogens is 4. The number of rotatable bonds is 10. The maximum absolute atomic E-state index is 13.5. The summed E-state index contributed by atoms with van der Waals surface area (Å²) >= 11 is 0. The van der Waals surface area contributed by atoms with Crippen molar-refractivity contribution >= 4 is 33.3 Å². The topological polar surface area (TPSA) is 124 Å². The summed E-state index contributed by atoms with van der Waals surface area (Å²) in [5, 5.41) is 17.0. The number of carboxylic acid groups (broad SMARTS) is 2. The van der Waals surface area contributed by atoms with E-state index in [4.69, 9.17) is 9.90 Å². The van der Waals surface area contributed by atoms with Crippen LogP contribution in [0.1, 0.15) is 35.7 Å². The zero-order valence-electron chi connectivity index (χ0n) is 20.7. The number of benzene rings is 3. The molecular formula is C26H26F4N2O6S. The Labute approximate surface area is 222 Å². The Balaban J connectivity index is 0.000000673. The molecule has 3 rings (SSSR count). The van der Waals surface area contributed by atoms with E-state index >= 15 is 0 Å². The second kappa shape index (κ2) is 13.6. The molecule has 0 bridgehead atoms. The van der Waals surface area contributed by atoms with Crippen LogP contribution >= 0.6 is 0 Å². The average Bonchev–Trinajstić information content (AvgIpc) is 2.87. The molecule has 0 aliphatic carbocycles. The molecule has 0 aromatic heterocycles. The monoisotopic (exact) mass is 570 g/mol. The van der Waals surface area contributed by atoms with Gasteiger partial charge in [0.15, 0.2) is 0 Å². The SMILES string of the molecule is CCCCN(Cc1ccccc1)c1ccc(NS(=O)(=O)c2cccc(F)c2)cc1C(=O)O.O=C(O)C(F)(F)F. The molecule has 0 aliphatic rings. The molecule has 3 N–H and O–H groups in total. The Hall–Kier alpha value is -4.13. The third kappa shape index (κ3) is 9.60. The van der Waals surface area contributed by atoms with Gasteiger partial charge >= 0.3 is 18.1 Å².